The summed E-state index contributed by atoms with van der Waals surface area (Å²) in [5.41, 5.74) is -0.571. The highest BCUT2D eigenvalue weighted by Crippen LogP contribution is 2.18. The van der Waals surface area contributed by atoms with Crippen molar-refractivity contribution in [2.45, 2.75) is 59.1 Å². The second kappa shape index (κ2) is 5.61. The first-order valence-electron chi connectivity index (χ1n) is 5.39. The summed E-state index contributed by atoms with van der Waals surface area (Å²) in [4.78, 5) is 0. The fourth-order valence-electron chi connectivity index (χ4n) is 1.14. The molecule has 0 aliphatic carbocycles. The molecule has 80 valence electrons. The maximum atomic E-state index is 10.1. The predicted molar refractivity (Wildman–Crippen MR) is 57.8 cm³/mol. The van der Waals surface area contributed by atoms with Crippen molar-refractivity contribution in [2.75, 3.05) is 6.54 Å². The van der Waals surface area contributed by atoms with Crippen LogP contribution in [0.2, 0.25) is 0 Å². The van der Waals surface area contributed by atoms with Crippen LogP contribution in [-0.2, 0) is 0 Å². The van der Waals surface area contributed by atoms with Crippen molar-refractivity contribution < 1.29 is 5.11 Å². The molecule has 0 aliphatic rings. The van der Waals surface area contributed by atoms with E-state index in [4.69, 9.17) is 0 Å². The third-order valence-electron chi connectivity index (χ3n) is 3.09. The average molecular weight is 187 g/mol. The zero-order valence-corrected chi connectivity index (χ0v) is 9.72. The lowest BCUT2D eigenvalue weighted by Gasteiger charge is -2.31. The first kappa shape index (κ1) is 12.9. The van der Waals surface area contributed by atoms with Crippen LogP contribution in [0.5, 0.6) is 0 Å². The number of rotatable bonds is 6. The molecule has 0 saturated carbocycles. The quantitative estimate of drug-likeness (QED) is 0.668. The fourth-order valence-corrected chi connectivity index (χ4v) is 1.14. The Morgan fingerprint density at radius 3 is 2.15 bits per heavy atom. The van der Waals surface area contributed by atoms with E-state index in [1.165, 1.54) is 0 Å². The molecule has 0 spiro atoms. The Balaban J connectivity index is 3.88. The van der Waals surface area contributed by atoms with Gasteiger partial charge in [-0.25, -0.2) is 0 Å². The standard InChI is InChI=1S/C11H25NO/c1-6-9(3)11(5,13)8-12-10(4)7-2/h9-10,12-13H,6-8H2,1-5H3. The third-order valence-corrected chi connectivity index (χ3v) is 3.09. The molecule has 0 aromatic carbocycles. The molecule has 3 unspecified atom stereocenters. The highest BCUT2D eigenvalue weighted by atomic mass is 16.3. The lowest BCUT2D eigenvalue weighted by molar-refractivity contribution is 0.00363. The minimum absolute atomic E-state index is 0.351. The molecule has 0 saturated heterocycles. The monoisotopic (exact) mass is 187 g/mol. The van der Waals surface area contributed by atoms with Crippen LogP contribution in [0.3, 0.4) is 0 Å². The molecule has 0 bridgehead atoms. The van der Waals surface area contributed by atoms with Crippen LogP contribution < -0.4 is 5.32 Å². The first-order chi connectivity index (χ1) is 5.94. The maximum absolute atomic E-state index is 10.1. The largest absolute Gasteiger partial charge is 0.389 e. The molecule has 0 amide bonds. The van der Waals surface area contributed by atoms with Crippen molar-refractivity contribution in [3.8, 4) is 0 Å². The van der Waals surface area contributed by atoms with E-state index < -0.39 is 5.60 Å². The lowest BCUT2D eigenvalue weighted by Crippen LogP contribution is -2.45. The normalized spacial score (nSPS) is 20.8. The molecule has 0 aromatic rings. The highest BCUT2D eigenvalue weighted by molar-refractivity contribution is 4.81. The highest BCUT2D eigenvalue weighted by Gasteiger charge is 2.26. The van der Waals surface area contributed by atoms with E-state index in [-0.39, 0.29) is 0 Å². The molecule has 13 heavy (non-hydrogen) atoms. The second-order valence-corrected chi connectivity index (χ2v) is 4.36. The third kappa shape index (κ3) is 4.63. The van der Waals surface area contributed by atoms with Gasteiger partial charge in [-0.15, -0.1) is 0 Å². The van der Waals surface area contributed by atoms with Crippen LogP contribution in [-0.4, -0.2) is 23.3 Å². The predicted octanol–water partition coefficient (Wildman–Crippen LogP) is 2.17. The first-order valence-corrected chi connectivity index (χ1v) is 5.39. The minimum Gasteiger partial charge on any atom is -0.389 e. The van der Waals surface area contributed by atoms with Crippen molar-refractivity contribution in [1.82, 2.24) is 5.32 Å². The molecule has 0 aliphatic heterocycles. The van der Waals surface area contributed by atoms with Gasteiger partial charge in [0.15, 0.2) is 0 Å². The molecule has 0 fully saturated rings. The molecule has 3 atom stereocenters. The molecule has 2 heteroatoms. The van der Waals surface area contributed by atoms with Gasteiger partial charge in [-0.05, 0) is 26.2 Å². The van der Waals surface area contributed by atoms with E-state index in [9.17, 15) is 5.11 Å². The molecule has 2 nitrogen and oxygen atoms in total. The molecule has 0 heterocycles. The van der Waals surface area contributed by atoms with Crippen LogP contribution in [0.4, 0.5) is 0 Å². The maximum Gasteiger partial charge on any atom is 0.0768 e. The van der Waals surface area contributed by atoms with Gasteiger partial charge in [0, 0.05) is 12.6 Å². The van der Waals surface area contributed by atoms with Gasteiger partial charge in [0.1, 0.15) is 0 Å². The van der Waals surface area contributed by atoms with E-state index in [1.54, 1.807) is 0 Å². The van der Waals surface area contributed by atoms with Gasteiger partial charge in [0.25, 0.3) is 0 Å². The summed E-state index contributed by atoms with van der Waals surface area (Å²) in [6.07, 6.45) is 2.13. The molecule has 2 N–H and O–H groups in total. The van der Waals surface area contributed by atoms with Gasteiger partial charge < -0.3 is 10.4 Å². The Labute approximate surface area is 82.7 Å². The summed E-state index contributed by atoms with van der Waals surface area (Å²) in [7, 11) is 0. The van der Waals surface area contributed by atoms with Crippen LogP contribution >= 0.6 is 0 Å². The van der Waals surface area contributed by atoms with E-state index >= 15 is 0 Å². The van der Waals surface area contributed by atoms with Gasteiger partial charge in [0.05, 0.1) is 5.60 Å². The summed E-state index contributed by atoms with van der Waals surface area (Å²) in [5, 5.41) is 13.4. The van der Waals surface area contributed by atoms with Crippen LogP contribution in [0.15, 0.2) is 0 Å². The second-order valence-electron chi connectivity index (χ2n) is 4.36. The molecule has 0 rings (SSSR count). The number of nitrogens with one attached hydrogen (secondary N) is 1. The summed E-state index contributed by atoms with van der Waals surface area (Å²) < 4.78 is 0. The van der Waals surface area contributed by atoms with Crippen LogP contribution in [0.25, 0.3) is 0 Å². The van der Waals surface area contributed by atoms with Gasteiger partial charge >= 0.3 is 0 Å². The van der Waals surface area contributed by atoms with Crippen molar-refractivity contribution >= 4 is 0 Å². The summed E-state index contributed by atoms with van der Waals surface area (Å²) in [6, 6.07) is 0.496. The zero-order chi connectivity index (χ0) is 10.5. The SMILES string of the molecule is CCC(C)NCC(C)(O)C(C)CC. The number of hydrogen-bond acceptors (Lipinski definition) is 2. The molecule has 0 aromatic heterocycles. The number of aliphatic hydroxyl groups is 1. The number of hydrogen-bond donors (Lipinski definition) is 2. The van der Waals surface area contributed by atoms with Crippen molar-refractivity contribution in [3.63, 3.8) is 0 Å². The molecular formula is C11H25NO. The molecule has 0 radical (unpaired) electrons. The van der Waals surface area contributed by atoms with E-state index in [0.717, 1.165) is 12.8 Å². The van der Waals surface area contributed by atoms with Crippen molar-refractivity contribution in [1.29, 1.82) is 0 Å². The van der Waals surface area contributed by atoms with E-state index in [2.05, 4.69) is 33.0 Å². The van der Waals surface area contributed by atoms with Crippen LogP contribution in [0, 0.1) is 5.92 Å². The summed E-state index contributed by atoms with van der Waals surface area (Å²) >= 11 is 0. The minimum atomic E-state index is -0.571. The smallest absolute Gasteiger partial charge is 0.0768 e. The van der Waals surface area contributed by atoms with Crippen LogP contribution in [0.1, 0.15) is 47.5 Å². The fraction of sp³-hybridized carbons (Fsp3) is 1.00. The van der Waals surface area contributed by atoms with Gasteiger partial charge in [-0.3, -0.25) is 0 Å². The lowest BCUT2D eigenvalue weighted by atomic mass is 9.88. The van der Waals surface area contributed by atoms with E-state index in [0.29, 0.717) is 18.5 Å². The Morgan fingerprint density at radius 2 is 1.77 bits per heavy atom. The zero-order valence-electron chi connectivity index (χ0n) is 9.72. The van der Waals surface area contributed by atoms with Gasteiger partial charge in [-0.1, -0.05) is 27.2 Å². The Hall–Kier alpha value is -0.0800. The van der Waals surface area contributed by atoms with E-state index in [1.807, 2.05) is 6.92 Å². The Morgan fingerprint density at radius 1 is 1.23 bits per heavy atom. The summed E-state index contributed by atoms with van der Waals surface area (Å²) in [6.45, 7) is 11.1. The van der Waals surface area contributed by atoms with Crippen molar-refractivity contribution in [2.24, 2.45) is 5.92 Å². The Bertz CT molecular complexity index is 134. The topological polar surface area (TPSA) is 32.3 Å². The Kier molecular flexibility index (Phi) is 5.57. The van der Waals surface area contributed by atoms with Crippen molar-refractivity contribution in [3.05, 3.63) is 0 Å². The molecular weight excluding hydrogens is 162 g/mol. The summed E-state index contributed by atoms with van der Waals surface area (Å²) in [5.74, 6) is 0.351. The average Bonchev–Trinajstić information content (AvgIpc) is 2.12. The van der Waals surface area contributed by atoms with Gasteiger partial charge in [0.2, 0.25) is 0 Å². The van der Waals surface area contributed by atoms with Gasteiger partial charge in [-0.2, -0.15) is 0 Å².